The van der Waals surface area contributed by atoms with Gasteiger partial charge < -0.3 is 30.4 Å². The van der Waals surface area contributed by atoms with Crippen LogP contribution in [-0.2, 0) is 44.3 Å². The first-order valence-corrected chi connectivity index (χ1v) is 14.6. The minimum atomic E-state index is -1.98. The number of cyclic esters (lactones) is 1. The highest BCUT2D eigenvalue weighted by Crippen LogP contribution is 2.45. The van der Waals surface area contributed by atoms with E-state index in [1.54, 1.807) is 26.8 Å². The molecule has 2 atom stereocenters. The summed E-state index contributed by atoms with van der Waals surface area (Å²) < 4.78 is 21.8. The molecule has 2 amide bonds. The minimum absolute atomic E-state index is 0.00858. The van der Waals surface area contributed by atoms with E-state index in [1.165, 1.54) is 15.5 Å². The Morgan fingerprint density at radius 2 is 2.02 bits per heavy atom. The third-order valence-electron chi connectivity index (χ3n) is 9.10. The van der Waals surface area contributed by atoms with Gasteiger partial charge in [-0.05, 0) is 48.9 Å². The molecule has 0 saturated carbocycles. The van der Waals surface area contributed by atoms with Gasteiger partial charge in [0, 0.05) is 42.1 Å². The van der Waals surface area contributed by atoms with Crippen molar-refractivity contribution >= 4 is 28.7 Å². The summed E-state index contributed by atoms with van der Waals surface area (Å²) in [5.41, 5.74) is 7.67. The largest absolute Gasteiger partial charge is 0.458 e. The summed E-state index contributed by atoms with van der Waals surface area (Å²) in [6, 6.07) is 2.49. The number of halogens is 1. The van der Waals surface area contributed by atoms with Crippen LogP contribution < -0.4 is 16.6 Å². The lowest BCUT2D eigenvalue weighted by Crippen LogP contribution is -2.44. The van der Waals surface area contributed by atoms with Crippen molar-refractivity contribution in [2.24, 2.45) is 5.73 Å². The van der Waals surface area contributed by atoms with Gasteiger partial charge in [0.15, 0.2) is 5.60 Å². The molecule has 2 aliphatic heterocycles. The summed E-state index contributed by atoms with van der Waals surface area (Å²) in [5.74, 6) is -1.75. The predicted octanol–water partition coefficient (Wildman–Crippen LogP) is 1.83. The van der Waals surface area contributed by atoms with E-state index < -0.39 is 29.0 Å². The second-order valence-electron chi connectivity index (χ2n) is 11.4. The molecule has 4 heterocycles. The Kier molecular flexibility index (Phi) is 7.09. The first-order valence-electron chi connectivity index (χ1n) is 14.6. The van der Waals surface area contributed by atoms with Gasteiger partial charge in [-0.25, -0.2) is 14.2 Å². The summed E-state index contributed by atoms with van der Waals surface area (Å²) in [6.07, 6.45) is 1.23. The molecule has 3 aliphatic rings. The molecule has 1 unspecified atom stereocenters. The number of fused-ring (bicyclic) bond motifs is 5. The molecule has 0 spiro atoms. The lowest BCUT2D eigenvalue weighted by Gasteiger charge is -2.31. The smallest absolute Gasteiger partial charge is 0.343 e. The second-order valence-corrected chi connectivity index (χ2v) is 11.4. The molecule has 11 nitrogen and oxygen atoms in total. The van der Waals surface area contributed by atoms with Crippen molar-refractivity contribution in [1.29, 1.82) is 0 Å². The lowest BCUT2D eigenvalue weighted by molar-refractivity contribution is -0.172. The Morgan fingerprint density at radius 3 is 2.72 bits per heavy atom. The van der Waals surface area contributed by atoms with E-state index in [0.29, 0.717) is 40.9 Å². The molecule has 6 rings (SSSR count). The van der Waals surface area contributed by atoms with E-state index in [-0.39, 0.29) is 68.6 Å². The highest BCUT2D eigenvalue weighted by Gasteiger charge is 2.46. The molecule has 2 aromatic heterocycles. The minimum Gasteiger partial charge on any atom is -0.458 e. The Hall–Kier alpha value is -4.16. The van der Waals surface area contributed by atoms with Gasteiger partial charge in [-0.2, -0.15) is 0 Å². The standard InChI is InChI=1S/C31H34FN5O6/c1-4-25(39)36(9-8-33)13-24(38)34-21-7-6-16-15(3)20(32)11-22-26(16)27(21)17-12-37-23(28(17)35-22)10-19-18(29(37)40)14-43-30(41)31(19,42)5-2/h10-11,21,42H,4-9,12-14,33H2,1-3H3,(H,34,38)/t21?,31-/m0/s1. The number of pyridine rings is 2. The summed E-state index contributed by atoms with van der Waals surface area (Å²) in [4.78, 5) is 58.3. The highest BCUT2D eigenvalue weighted by molar-refractivity contribution is 5.94. The summed E-state index contributed by atoms with van der Waals surface area (Å²) in [6.45, 7) is 5.29. The Bertz CT molecular complexity index is 1790. The summed E-state index contributed by atoms with van der Waals surface area (Å²) in [7, 11) is 0. The number of nitrogens with one attached hydrogen (secondary N) is 1. The van der Waals surface area contributed by atoms with Crippen LogP contribution in [0.15, 0.2) is 16.9 Å². The maximum atomic E-state index is 15.1. The third kappa shape index (κ3) is 4.34. The Labute approximate surface area is 246 Å². The molecule has 0 bridgehead atoms. The fourth-order valence-electron chi connectivity index (χ4n) is 6.78. The number of benzene rings is 1. The van der Waals surface area contributed by atoms with E-state index in [9.17, 15) is 24.3 Å². The first-order chi connectivity index (χ1) is 20.5. The van der Waals surface area contributed by atoms with Crippen LogP contribution in [0.2, 0.25) is 0 Å². The SMILES string of the molecule is CCC(=O)N(CCN)CC(=O)NC1CCc2c(C)c(F)cc3nc4c(c1c23)Cn1c-4cc2c(c1=O)COC(=O)[C@]2(O)CC. The quantitative estimate of drug-likeness (QED) is 0.275. The van der Waals surface area contributed by atoms with Crippen LogP contribution in [0.5, 0.6) is 0 Å². The number of amides is 2. The molecule has 226 valence electrons. The van der Waals surface area contributed by atoms with Crippen LogP contribution in [0.3, 0.4) is 0 Å². The van der Waals surface area contributed by atoms with Crippen molar-refractivity contribution in [3.8, 4) is 11.4 Å². The molecule has 0 saturated heterocycles. The van der Waals surface area contributed by atoms with E-state index in [1.807, 2.05) is 0 Å². The molecule has 4 N–H and O–H groups in total. The second kappa shape index (κ2) is 10.5. The third-order valence-corrected chi connectivity index (χ3v) is 9.10. The number of hydrogen-bond donors (Lipinski definition) is 3. The molecule has 0 fully saturated rings. The average Bonchev–Trinajstić information content (AvgIpc) is 3.36. The predicted molar refractivity (Wildman–Crippen MR) is 154 cm³/mol. The average molecular weight is 592 g/mol. The van der Waals surface area contributed by atoms with Gasteiger partial charge in [0.1, 0.15) is 12.4 Å². The zero-order valence-corrected chi connectivity index (χ0v) is 24.4. The van der Waals surface area contributed by atoms with E-state index in [0.717, 1.165) is 16.5 Å². The van der Waals surface area contributed by atoms with Crippen molar-refractivity contribution in [2.45, 2.75) is 71.2 Å². The van der Waals surface area contributed by atoms with Gasteiger partial charge in [-0.15, -0.1) is 0 Å². The number of nitrogens with two attached hydrogens (primary N) is 1. The zero-order valence-electron chi connectivity index (χ0n) is 24.4. The molecule has 1 aromatic carbocycles. The van der Waals surface area contributed by atoms with Crippen LogP contribution in [0.4, 0.5) is 4.39 Å². The fourth-order valence-corrected chi connectivity index (χ4v) is 6.78. The van der Waals surface area contributed by atoms with Crippen LogP contribution >= 0.6 is 0 Å². The van der Waals surface area contributed by atoms with Crippen molar-refractivity contribution in [2.75, 3.05) is 19.6 Å². The molecular formula is C31H34FN5O6. The number of carbonyl (C=O) groups excluding carboxylic acids is 3. The molecule has 3 aromatic rings. The number of ether oxygens (including phenoxy) is 1. The van der Waals surface area contributed by atoms with E-state index in [4.69, 9.17) is 15.5 Å². The number of carbonyl (C=O) groups is 3. The zero-order chi connectivity index (χ0) is 30.8. The monoisotopic (exact) mass is 591 g/mol. The van der Waals surface area contributed by atoms with Gasteiger partial charge in [-0.3, -0.25) is 14.4 Å². The number of aryl methyl sites for hydroxylation is 1. The first kappa shape index (κ1) is 28.9. The van der Waals surface area contributed by atoms with Crippen molar-refractivity contribution in [1.82, 2.24) is 19.8 Å². The van der Waals surface area contributed by atoms with Crippen molar-refractivity contribution in [3.63, 3.8) is 0 Å². The number of aromatic nitrogens is 2. The molecule has 12 heteroatoms. The maximum Gasteiger partial charge on any atom is 0.343 e. The van der Waals surface area contributed by atoms with E-state index >= 15 is 4.39 Å². The van der Waals surface area contributed by atoms with Crippen LogP contribution in [0, 0.1) is 12.7 Å². The number of aliphatic hydroxyl groups is 1. The topological polar surface area (TPSA) is 157 Å². The Morgan fingerprint density at radius 1 is 1.26 bits per heavy atom. The maximum absolute atomic E-state index is 15.1. The summed E-state index contributed by atoms with van der Waals surface area (Å²) in [5, 5.41) is 15.1. The van der Waals surface area contributed by atoms with Gasteiger partial charge in [0.05, 0.1) is 41.6 Å². The number of nitrogens with zero attached hydrogens (tertiary/aromatic N) is 3. The number of esters is 1. The fraction of sp³-hybridized carbons (Fsp3) is 0.452. The Balaban J connectivity index is 1.51. The van der Waals surface area contributed by atoms with Gasteiger partial charge >= 0.3 is 5.97 Å². The van der Waals surface area contributed by atoms with Gasteiger partial charge in [0.25, 0.3) is 5.56 Å². The van der Waals surface area contributed by atoms with Crippen LogP contribution in [-0.4, -0.2) is 57.0 Å². The van der Waals surface area contributed by atoms with Crippen LogP contribution in [0.1, 0.15) is 72.5 Å². The summed E-state index contributed by atoms with van der Waals surface area (Å²) >= 11 is 0. The van der Waals surface area contributed by atoms with E-state index in [2.05, 4.69) is 5.32 Å². The van der Waals surface area contributed by atoms with Gasteiger partial charge in [-0.1, -0.05) is 13.8 Å². The molecule has 0 radical (unpaired) electrons. The number of rotatable bonds is 7. The lowest BCUT2D eigenvalue weighted by atomic mass is 9.81. The molecular weight excluding hydrogens is 557 g/mol. The van der Waals surface area contributed by atoms with Crippen molar-refractivity contribution in [3.05, 3.63) is 61.7 Å². The van der Waals surface area contributed by atoms with Gasteiger partial charge in [0.2, 0.25) is 11.8 Å². The number of hydrogen-bond acceptors (Lipinski definition) is 8. The van der Waals surface area contributed by atoms with Crippen molar-refractivity contribution < 1.29 is 28.6 Å². The normalized spacial score (nSPS) is 19.9. The van der Waals surface area contributed by atoms with Crippen LogP contribution in [0.25, 0.3) is 22.3 Å². The molecule has 1 aliphatic carbocycles. The molecule has 43 heavy (non-hydrogen) atoms. The highest BCUT2D eigenvalue weighted by atomic mass is 19.1.